The van der Waals surface area contributed by atoms with Gasteiger partial charge in [-0.25, -0.2) is 0 Å². The van der Waals surface area contributed by atoms with Crippen LogP contribution >= 0.6 is 0 Å². The molecule has 1 spiro atoms. The normalized spacial score (nSPS) is 25.0. The third kappa shape index (κ3) is 4.25. The van der Waals surface area contributed by atoms with Crippen molar-refractivity contribution in [1.82, 2.24) is 9.80 Å². The average molecular weight is 322 g/mol. The van der Waals surface area contributed by atoms with Crippen LogP contribution in [-0.2, 0) is 14.3 Å². The van der Waals surface area contributed by atoms with Gasteiger partial charge in [0.05, 0.1) is 0 Å². The Labute approximate surface area is 139 Å². The Morgan fingerprint density at radius 3 is 2.48 bits per heavy atom. The van der Waals surface area contributed by atoms with Gasteiger partial charge in [-0.3, -0.25) is 9.59 Å². The van der Waals surface area contributed by atoms with Gasteiger partial charge in [0.1, 0.15) is 0 Å². The summed E-state index contributed by atoms with van der Waals surface area (Å²) in [5.41, 5.74) is 0.440. The summed E-state index contributed by atoms with van der Waals surface area (Å²) in [5, 5.41) is 0. The number of hydrogen-bond donors (Lipinski definition) is 0. The molecule has 0 aromatic heterocycles. The van der Waals surface area contributed by atoms with Crippen LogP contribution < -0.4 is 0 Å². The zero-order chi connectivity index (χ0) is 16.1. The number of nitrogens with zero attached hydrogens (tertiary/aromatic N) is 2. The topological polar surface area (TPSA) is 49.9 Å². The predicted octanol–water partition coefficient (Wildman–Crippen LogP) is 2.20. The molecular formula is C18H30N2O3. The average Bonchev–Trinajstić information content (AvgIpc) is 2.58. The summed E-state index contributed by atoms with van der Waals surface area (Å²) < 4.78 is 5.48. The minimum Gasteiger partial charge on any atom is -0.381 e. The Bertz CT molecular complexity index is 422. The van der Waals surface area contributed by atoms with Crippen LogP contribution in [0.25, 0.3) is 0 Å². The van der Waals surface area contributed by atoms with Crippen molar-refractivity contribution in [2.45, 2.75) is 57.8 Å². The van der Waals surface area contributed by atoms with Crippen LogP contribution in [0.2, 0.25) is 0 Å². The molecule has 0 aromatic carbocycles. The predicted molar refractivity (Wildman–Crippen MR) is 88.0 cm³/mol. The van der Waals surface area contributed by atoms with Crippen LogP contribution in [0, 0.1) is 5.41 Å². The molecule has 3 rings (SSSR count). The number of rotatable bonds is 4. The van der Waals surface area contributed by atoms with Crippen molar-refractivity contribution in [3.8, 4) is 0 Å². The minimum absolute atomic E-state index is 0.267. The molecule has 5 heteroatoms. The fraction of sp³-hybridized carbons (Fsp3) is 0.889. The molecule has 0 atom stereocenters. The molecule has 0 radical (unpaired) electrons. The van der Waals surface area contributed by atoms with E-state index in [4.69, 9.17) is 4.74 Å². The molecule has 0 N–H and O–H groups in total. The van der Waals surface area contributed by atoms with E-state index < -0.39 is 0 Å². The number of hydrogen-bond acceptors (Lipinski definition) is 3. The van der Waals surface area contributed by atoms with Crippen LogP contribution in [0.4, 0.5) is 0 Å². The Morgan fingerprint density at radius 1 is 1.04 bits per heavy atom. The van der Waals surface area contributed by atoms with E-state index in [0.29, 0.717) is 18.3 Å². The molecule has 0 bridgehead atoms. The maximum atomic E-state index is 12.4. The number of likely N-dealkylation sites (tertiary alicyclic amines) is 2. The second-order valence-electron chi connectivity index (χ2n) is 7.43. The first kappa shape index (κ1) is 16.7. The first-order chi connectivity index (χ1) is 11.2. The van der Waals surface area contributed by atoms with Gasteiger partial charge in [-0.1, -0.05) is 0 Å². The van der Waals surface area contributed by atoms with E-state index in [0.717, 1.165) is 84.3 Å². The molecule has 130 valence electrons. The summed E-state index contributed by atoms with van der Waals surface area (Å²) in [7, 11) is 0. The van der Waals surface area contributed by atoms with Gasteiger partial charge in [-0.05, 0) is 50.4 Å². The van der Waals surface area contributed by atoms with Crippen molar-refractivity contribution in [2.75, 3.05) is 39.4 Å². The number of amides is 2. The van der Waals surface area contributed by atoms with Crippen LogP contribution in [0.1, 0.15) is 57.8 Å². The lowest BCUT2D eigenvalue weighted by molar-refractivity contribution is -0.137. The molecule has 0 saturated carbocycles. The van der Waals surface area contributed by atoms with Crippen LogP contribution in [0.5, 0.6) is 0 Å². The lowest BCUT2D eigenvalue weighted by atomic mass is 9.72. The Kier molecular flexibility index (Phi) is 5.57. The fourth-order valence-electron chi connectivity index (χ4n) is 4.21. The fourth-order valence-corrected chi connectivity index (χ4v) is 4.21. The molecule has 0 aliphatic carbocycles. The van der Waals surface area contributed by atoms with Crippen molar-refractivity contribution in [3.05, 3.63) is 0 Å². The molecular weight excluding hydrogens is 292 g/mol. The van der Waals surface area contributed by atoms with Gasteiger partial charge >= 0.3 is 0 Å². The molecule has 3 aliphatic rings. The minimum atomic E-state index is 0.267. The summed E-state index contributed by atoms with van der Waals surface area (Å²) >= 11 is 0. The first-order valence-electron chi connectivity index (χ1n) is 9.32. The molecule has 23 heavy (non-hydrogen) atoms. The largest absolute Gasteiger partial charge is 0.381 e. The summed E-state index contributed by atoms with van der Waals surface area (Å²) in [4.78, 5) is 28.1. The number of carbonyl (C=O) groups is 2. The van der Waals surface area contributed by atoms with E-state index in [9.17, 15) is 9.59 Å². The van der Waals surface area contributed by atoms with Crippen LogP contribution in [0.15, 0.2) is 0 Å². The highest BCUT2D eigenvalue weighted by Crippen LogP contribution is 2.40. The zero-order valence-corrected chi connectivity index (χ0v) is 14.2. The van der Waals surface area contributed by atoms with Crippen LogP contribution in [0.3, 0.4) is 0 Å². The van der Waals surface area contributed by atoms with E-state index in [1.807, 2.05) is 9.80 Å². The zero-order valence-electron chi connectivity index (χ0n) is 14.2. The van der Waals surface area contributed by atoms with Crippen molar-refractivity contribution >= 4 is 11.8 Å². The second kappa shape index (κ2) is 7.65. The molecule has 0 unspecified atom stereocenters. The highest BCUT2D eigenvalue weighted by molar-refractivity contribution is 5.77. The monoisotopic (exact) mass is 322 g/mol. The van der Waals surface area contributed by atoms with E-state index in [1.165, 1.54) is 0 Å². The van der Waals surface area contributed by atoms with Gasteiger partial charge in [-0.2, -0.15) is 0 Å². The van der Waals surface area contributed by atoms with Gasteiger partial charge in [0.25, 0.3) is 0 Å². The molecule has 3 aliphatic heterocycles. The van der Waals surface area contributed by atoms with Gasteiger partial charge in [0, 0.05) is 52.2 Å². The lowest BCUT2D eigenvalue weighted by Gasteiger charge is -2.44. The van der Waals surface area contributed by atoms with Gasteiger partial charge in [-0.15, -0.1) is 0 Å². The number of piperidine rings is 2. The maximum Gasteiger partial charge on any atom is 0.222 e. The highest BCUT2D eigenvalue weighted by Gasteiger charge is 2.36. The number of carbonyl (C=O) groups excluding carboxylic acids is 2. The summed E-state index contributed by atoms with van der Waals surface area (Å²) in [6, 6.07) is 0. The van der Waals surface area contributed by atoms with Crippen molar-refractivity contribution in [2.24, 2.45) is 5.41 Å². The highest BCUT2D eigenvalue weighted by atomic mass is 16.5. The van der Waals surface area contributed by atoms with Crippen molar-refractivity contribution in [1.29, 1.82) is 0 Å². The third-order valence-electron chi connectivity index (χ3n) is 5.97. The van der Waals surface area contributed by atoms with E-state index in [-0.39, 0.29) is 11.8 Å². The third-order valence-corrected chi connectivity index (χ3v) is 5.97. The van der Waals surface area contributed by atoms with Crippen molar-refractivity contribution in [3.63, 3.8) is 0 Å². The molecule has 5 nitrogen and oxygen atoms in total. The Balaban J connectivity index is 1.37. The van der Waals surface area contributed by atoms with E-state index >= 15 is 0 Å². The summed E-state index contributed by atoms with van der Waals surface area (Å²) in [6.07, 6.45) is 8.79. The second-order valence-corrected chi connectivity index (χ2v) is 7.43. The maximum absolute atomic E-state index is 12.4. The quantitative estimate of drug-likeness (QED) is 0.797. The van der Waals surface area contributed by atoms with E-state index in [1.54, 1.807) is 0 Å². The molecule has 3 heterocycles. The molecule has 0 aromatic rings. The Hall–Kier alpha value is -1.10. The smallest absolute Gasteiger partial charge is 0.222 e. The SMILES string of the molecule is O=C1CCCCN1CCCC(=O)N1CCC2(CCOCC2)CC1. The van der Waals surface area contributed by atoms with Crippen LogP contribution in [-0.4, -0.2) is 61.0 Å². The molecule has 3 fully saturated rings. The van der Waals surface area contributed by atoms with Crippen molar-refractivity contribution < 1.29 is 14.3 Å². The summed E-state index contributed by atoms with van der Waals surface area (Å²) in [5.74, 6) is 0.541. The van der Waals surface area contributed by atoms with Gasteiger partial charge in [0.2, 0.25) is 11.8 Å². The summed E-state index contributed by atoms with van der Waals surface area (Å²) in [6.45, 7) is 5.21. The molecule has 3 saturated heterocycles. The molecule has 2 amide bonds. The van der Waals surface area contributed by atoms with Gasteiger partial charge < -0.3 is 14.5 Å². The first-order valence-corrected chi connectivity index (χ1v) is 9.32. The standard InChI is InChI=1S/C18H30N2O3/c21-16-4-1-2-10-19(16)11-3-5-17(22)20-12-6-18(7-13-20)8-14-23-15-9-18/h1-15H2. The Morgan fingerprint density at radius 2 is 1.78 bits per heavy atom. The van der Waals surface area contributed by atoms with Gasteiger partial charge in [0.15, 0.2) is 0 Å². The number of ether oxygens (including phenoxy) is 1. The lowest BCUT2D eigenvalue weighted by Crippen LogP contribution is -2.45. The van der Waals surface area contributed by atoms with E-state index in [2.05, 4.69) is 0 Å².